The van der Waals surface area contributed by atoms with E-state index in [1.807, 2.05) is 0 Å². The van der Waals surface area contributed by atoms with E-state index in [2.05, 4.69) is 20.6 Å². The number of aromatic nitrogens is 2. The average Bonchev–Trinajstić information content (AvgIpc) is 3.46. The number of nitrogens with two attached hydrogens (primary N) is 2. The first-order valence-corrected chi connectivity index (χ1v) is 10.4. The number of likely N-dealkylation sites (tertiary alicyclic amines) is 1. The van der Waals surface area contributed by atoms with Gasteiger partial charge in [0.1, 0.15) is 24.2 Å². The van der Waals surface area contributed by atoms with E-state index in [1.54, 1.807) is 0 Å². The number of aromatic amines is 1. The molecule has 0 spiro atoms. The molecule has 14 heteroatoms. The largest absolute Gasteiger partial charge is 0.480 e. The summed E-state index contributed by atoms with van der Waals surface area (Å²) in [5, 5.41) is 23.4. The van der Waals surface area contributed by atoms with Crippen molar-refractivity contribution >= 4 is 29.6 Å². The van der Waals surface area contributed by atoms with Gasteiger partial charge in [-0.2, -0.15) is 0 Å². The number of H-pyrrole nitrogens is 1. The Labute approximate surface area is 189 Å². The van der Waals surface area contributed by atoms with Crippen LogP contribution in [0.1, 0.15) is 31.4 Å². The molecule has 0 aliphatic carbocycles. The summed E-state index contributed by atoms with van der Waals surface area (Å²) in [6.45, 7) is -0.444. The second-order valence-corrected chi connectivity index (χ2v) is 7.73. The summed E-state index contributed by atoms with van der Waals surface area (Å²) < 4.78 is 0. The molecule has 4 atom stereocenters. The summed E-state index contributed by atoms with van der Waals surface area (Å²) in [6, 6.07) is -4.74. The van der Waals surface area contributed by atoms with Crippen molar-refractivity contribution in [3.8, 4) is 0 Å². The van der Waals surface area contributed by atoms with Gasteiger partial charge in [0.15, 0.2) is 0 Å². The zero-order chi connectivity index (χ0) is 24.5. The zero-order valence-electron chi connectivity index (χ0n) is 17.9. The number of hydrogen-bond donors (Lipinski definition) is 7. The normalized spacial score (nSPS) is 18.2. The Kier molecular flexibility index (Phi) is 9.30. The molecule has 182 valence electrons. The monoisotopic (exact) mass is 467 g/mol. The Bertz CT molecular complexity index is 861. The SMILES string of the molecule is NC(=O)CCC(NC(=O)C(N)CO)C(=O)NC(Cc1cnc[nH]1)C(=O)N1CCCC1C(=O)O. The second kappa shape index (κ2) is 11.9. The number of aliphatic carboxylic acids is 1. The smallest absolute Gasteiger partial charge is 0.326 e. The van der Waals surface area contributed by atoms with Gasteiger partial charge in [0.05, 0.1) is 12.9 Å². The number of imidazole rings is 1. The van der Waals surface area contributed by atoms with Crippen molar-refractivity contribution in [1.29, 1.82) is 0 Å². The fourth-order valence-electron chi connectivity index (χ4n) is 3.49. The summed E-state index contributed by atoms with van der Waals surface area (Å²) in [5.74, 6) is -4.07. The molecule has 4 amide bonds. The van der Waals surface area contributed by atoms with Crippen LogP contribution in [0.3, 0.4) is 0 Å². The highest BCUT2D eigenvalue weighted by molar-refractivity contribution is 5.94. The Morgan fingerprint density at radius 2 is 1.91 bits per heavy atom. The zero-order valence-corrected chi connectivity index (χ0v) is 17.9. The van der Waals surface area contributed by atoms with Gasteiger partial charge in [-0.3, -0.25) is 19.2 Å². The quantitative estimate of drug-likeness (QED) is 0.162. The number of rotatable bonds is 12. The molecule has 33 heavy (non-hydrogen) atoms. The summed E-state index contributed by atoms with van der Waals surface area (Å²) in [5.41, 5.74) is 11.1. The number of aliphatic hydroxyl groups excluding tert-OH is 1. The Morgan fingerprint density at radius 1 is 1.21 bits per heavy atom. The maximum Gasteiger partial charge on any atom is 0.326 e. The van der Waals surface area contributed by atoms with E-state index in [-0.39, 0.29) is 25.8 Å². The Balaban J connectivity index is 2.22. The lowest BCUT2D eigenvalue weighted by Crippen LogP contribution is -2.58. The van der Waals surface area contributed by atoms with Gasteiger partial charge in [-0.1, -0.05) is 0 Å². The maximum absolute atomic E-state index is 13.2. The number of primary amides is 1. The number of carboxylic acid groups (broad SMARTS) is 1. The lowest BCUT2D eigenvalue weighted by atomic mass is 10.1. The minimum Gasteiger partial charge on any atom is -0.480 e. The fourth-order valence-corrected chi connectivity index (χ4v) is 3.49. The molecule has 0 saturated carbocycles. The van der Waals surface area contributed by atoms with Gasteiger partial charge in [-0.05, 0) is 19.3 Å². The molecule has 0 bridgehead atoms. The third-order valence-electron chi connectivity index (χ3n) is 5.26. The molecule has 1 aromatic heterocycles. The van der Waals surface area contributed by atoms with Crippen molar-refractivity contribution in [1.82, 2.24) is 25.5 Å². The molecule has 2 rings (SSSR count). The van der Waals surface area contributed by atoms with Gasteiger partial charge in [0.25, 0.3) is 0 Å². The maximum atomic E-state index is 13.2. The van der Waals surface area contributed by atoms with Crippen molar-refractivity contribution in [2.24, 2.45) is 11.5 Å². The van der Waals surface area contributed by atoms with E-state index in [0.29, 0.717) is 18.5 Å². The molecule has 1 aromatic rings. The predicted molar refractivity (Wildman–Crippen MR) is 112 cm³/mol. The van der Waals surface area contributed by atoms with E-state index in [0.717, 1.165) is 0 Å². The lowest BCUT2D eigenvalue weighted by molar-refractivity contribution is -0.149. The predicted octanol–water partition coefficient (Wildman–Crippen LogP) is -3.42. The number of aliphatic hydroxyl groups is 1. The molecule has 9 N–H and O–H groups in total. The second-order valence-electron chi connectivity index (χ2n) is 7.73. The van der Waals surface area contributed by atoms with Crippen molar-refractivity contribution in [3.63, 3.8) is 0 Å². The third kappa shape index (κ3) is 7.25. The Hall–Kier alpha value is -3.52. The fraction of sp³-hybridized carbons (Fsp3) is 0.579. The molecular weight excluding hydrogens is 438 g/mol. The number of carboxylic acids is 1. The van der Waals surface area contributed by atoms with E-state index in [1.165, 1.54) is 17.4 Å². The molecule has 0 aromatic carbocycles. The third-order valence-corrected chi connectivity index (χ3v) is 5.26. The topological polar surface area (TPSA) is 234 Å². The average molecular weight is 467 g/mol. The first-order chi connectivity index (χ1) is 15.6. The van der Waals surface area contributed by atoms with Crippen molar-refractivity contribution in [2.45, 2.75) is 56.3 Å². The minimum absolute atomic E-state index is 0.0138. The summed E-state index contributed by atoms with van der Waals surface area (Å²) >= 11 is 0. The molecule has 1 fully saturated rings. The molecule has 2 heterocycles. The summed E-state index contributed by atoms with van der Waals surface area (Å²) in [7, 11) is 0. The number of nitrogens with zero attached hydrogens (tertiary/aromatic N) is 2. The van der Waals surface area contributed by atoms with Crippen molar-refractivity contribution in [3.05, 3.63) is 18.2 Å². The summed E-state index contributed by atoms with van der Waals surface area (Å²) in [6.07, 6.45) is 3.22. The van der Waals surface area contributed by atoms with Gasteiger partial charge < -0.3 is 42.2 Å². The number of carbonyl (C=O) groups excluding carboxylic acids is 4. The van der Waals surface area contributed by atoms with Gasteiger partial charge >= 0.3 is 5.97 Å². The van der Waals surface area contributed by atoms with Crippen molar-refractivity contribution in [2.75, 3.05) is 13.2 Å². The number of carbonyl (C=O) groups is 5. The number of amides is 4. The van der Waals surface area contributed by atoms with Crippen LogP contribution in [0.4, 0.5) is 0 Å². The molecule has 14 nitrogen and oxygen atoms in total. The minimum atomic E-state index is -1.29. The standard InChI is InChI=1S/C19H29N7O7/c20-11(8-27)16(29)24-12(3-4-15(21)28)17(30)25-13(6-10-7-22-9-23-10)18(31)26-5-1-2-14(26)19(32)33/h7,9,11-14,27H,1-6,8,20H2,(H2,21,28)(H,22,23)(H,24,29)(H,25,30)(H,32,33). The highest BCUT2D eigenvalue weighted by Gasteiger charge is 2.38. The van der Waals surface area contributed by atoms with Crippen LogP contribution in [-0.4, -0.2) is 92.0 Å². The van der Waals surface area contributed by atoms with E-state index in [4.69, 9.17) is 16.6 Å². The highest BCUT2D eigenvalue weighted by Crippen LogP contribution is 2.19. The number of hydrogen-bond acceptors (Lipinski definition) is 8. The molecule has 1 aliphatic heterocycles. The molecule has 0 radical (unpaired) electrons. The van der Waals surface area contributed by atoms with E-state index < -0.39 is 60.4 Å². The van der Waals surface area contributed by atoms with Crippen LogP contribution in [0, 0.1) is 0 Å². The van der Waals surface area contributed by atoms with Crippen LogP contribution in [0.25, 0.3) is 0 Å². The Morgan fingerprint density at radius 3 is 2.48 bits per heavy atom. The van der Waals surface area contributed by atoms with Crippen LogP contribution >= 0.6 is 0 Å². The lowest BCUT2D eigenvalue weighted by Gasteiger charge is -2.28. The van der Waals surface area contributed by atoms with E-state index in [9.17, 15) is 29.1 Å². The van der Waals surface area contributed by atoms with Crippen LogP contribution in [0.2, 0.25) is 0 Å². The molecule has 1 aliphatic rings. The van der Waals surface area contributed by atoms with Gasteiger partial charge in [-0.25, -0.2) is 9.78 Å². The first kappa shape index (κ1) is 25.7. The van der Waals surface area contributed by atoms with Gasteiger partial charge in [-0.15, -0.1) is 0 Å². The first-order valence-electron chi connectivity index (χ1n) is 10.4. The van der Waals surface area contributed by atoms with Crippen LogP contribution in [-0.2, 0) is 30.4 Å². The number of nitrogens with one attached hydrogen (secondary N) is 3. The summed E-state index contributed by atoms with van der Waals surface area (Å²) in [4.78, 5) is 68.9. The van der Waals surface area contributed by atoms with Gasteiger partial charge in [0, 0.05) is 31.3 Å². The highest BCUT2D eigenvalue weighted by atomic mass is 16.4. The van der Waals surface area contributed by atoms with Crippen LogP contribution in [0.15, 0.2) is 12.5 Å². The van der Waals surface area contributed by atoms with Crippen LogP contribution in [0.5, 0.6) is 0 Å². The molecular formula is C19H29N7O7. The van der Waals surface area contributed by atoms with E-state index >= 15 is 0 Å². The van der Waals surface area contributed by atoms with Crippen molar-refractivity contribution < 1.29 is 34.2 Å². The van der Waals surface area contributed by atoms with Crippen LogP contribution < -0.4 is 22.1 Å². The molecule has 1 saturated heterocycles. The molecule has 4 unspecified atom stereocenters. The van der Waals surface area contributed by atoms with Gasteiger partial charge in [0.2, 0.25) is 23.6 Å².